The summed E-state index contributed by atoms with van der Waals surface area (Å²) in [6.07, 6.45) is 11.8. The molecular weight excluding hydrogens is 556 g/mol. The van der Waals surface area contributed by atoms with Gasteiger partial charge in [0.15, 0.2) is 0 Å². The first-order chi connectivity index (χ1) is 19.9. The molecule has 0 spiro atoms. The van der Waals surface area contributed by atoms with Crippen molar-refractivity contribution in [2.24, 2.45) is 5.92 Å². The Kier molecular flexibility index (Phi) is 11.7. The van der Waals surface area contributed by atoms with Crippen LogP contribution in [0.25, 0.3) is 5.57 Å². The topological polar surface area (TPSA) is 103 Å². The van der Waals surface area contributed by atoms with Crippen LogP contribution in [-0.2, 0) is 16.1 Å². The fourth-order valence-corrected chi connectivity index (χ4v) is 6.92. The zero-order valence-corrected chi connectivity index (χ0v) is 25.8. The number of thiazole rings is 1. The van der Waals surface area contributed by atoms with Crippen LogP contribution in [0.3, 0.4) is 0 Å². The van der Waals surface area contributed by atoms with Crippen LogP contribution in [-0.4, -0.2) is 75.5 Å². The fraction of sp³-hybridized carbons (Fsp3) is 0.548. The van der Waals surface area contributed by atoms with Crippen molar-refractivity contribution in [3.8, 4) is 0 Å². The molecule has 2 heterocycles. The number of aryl methyl sites for hydroxylation is 1. The van der Waals surface area contributed by atoms with E-state index in [1.165, 1.54) is 32.1 Å². The molecule has 8 nitrogen and oxygen atoms in total. The van der Waals surface area contributed by atoms with E-state index in [1.807, 2.05) is 53.4 Å². The summed E-state index contributed by atoms with van der Waals surface area (Å²) in [5.41, 5.74) is 5.09. The molecule has 0 radical (unpaired) electrons. The van der Waals surface area contributed by atoms with Crippen molar-refractivity contribution in [3.05, 3.63) is 57.6 Å². The van der Waals surface area contributed by atoms with Gasteiger partial charge in [0.1, 0.15) is 6.04 Å². The lowest BCUT2D eigenvalue weighted by molar-refractivity contribution is -0.141. The quantitative estimate of drug-likeness (QED) is 0.319. The van der Waals surface area contributed by atoms with Crippen LogP contribution in [0.15, 0.2) is 41.5 Å². The van der Waals surface area contributed by atoms with Gasteiger partial charge in [-0.15, -0.1) is 11.3 Å². The number of aromatic nitrogens is 1. The molecule has 41 heavy (non-hydrogen) atoms. The summed E-state index contributed by atoms with van der Waals surface area (Å²) in [6.45, 7) is 3.93. The maximum Gasteiger partial charge on any atom is 0.326 e. The molecule has 1 aromatic heterocycles. The van der Waals surface area contributed by atoms with E-state index in [4.69, 9.17) is 0 Å². The first-order valence-electron chi connectivity index (χ1n) is 14.6. The molecule has 2 N–H and O–H groups in total. The number of aliphatic carboxylic acids is 1. The second-order valence-corrected chi connectivity index (χ2v) is 13.0. The van der Waals surface area contributed by atoms with E-state index in [9.17, 15) is 19.5 Å². The van der Waals surface area contributed by atoms with Crippen LogP contribution in [0.5, 0.6) is 0 Å². The Morgan fingerprint density at radius 1 is 1.22 bits per heavy atom. The maximum absolute atomic E-state index is 14.1. The van der Waals surface area contributed by atoms with Crippen LogP contribution < -0.4 is 5.32 Å². The molecule has 1 unspecified atom stereocenters. The van der Waals surface area contributed by atoms with Gasteiger partial charge in [-0.3, -0.25) is 9.78 Å². The van der Waals surface area contributed by atoms with Crippen molar-refractivity contribution < 1.29 is 19.5 Å². The van der Waals surface area contributed by atoms with Gasteiger partial charge in [0.2, 0.25) is 5.91 Å². The number of hydrogen-bond acceptors (Lipinski definition) is 6. The van der Waals surface area contributed by atoms with Crippen molar-refractivity contribution in [2.45, 2.75) is 70.9 Å². The molecule has 3 amide bonds. The van der Waals surface area contributed by atoms with E-state index in [1.54, 1.807) is 28.6 Å². The number of carboxylic acids is 1. The molecule has 2 aromatic rings. The molecule has 1 saturated carbocycles. The van der Waals surface area contributed by atoms with E-state index in [0.717, 1.165) is 28.0 Å². The van der Waals surface area contributed by atoms with Gasteiger partial charge >= 0.3 is 12.0 Å². The van der Waals surface area contributed by atoms with Gasteiger partial charge in [0, 0.05) is 36.3 Å². The molecular formula is C31H42N4O4S2. The van der Waals surface area contributed by atoms with E-state index < -0.39 is 12.0 Å². The second-order valence-electron chi connectivity index (χ2n) is 11.1. The molecule has 0 saturated heterocycles. The van der Waals surface area contributed by atoms with Crippen LogP contribution in [0.1, 0.15) is 67.4 Å². The highest BCUT2D eigenvalue weighted by Crippen LogP contribution is 2.31. The highest BCUT2D eigenvalue weighted by molar-refractivity contribution is 7.98. The SMILES string of the molecule is CSCCC(NC(=O)C1=C(c2ccccc2C)CN(C(=O)N(CCC2CCCCC2)Cc2cncs2)CC1)C(=O)O. The molecule has 1 atom stereocenters. The zero-order chi connectivity index (χ0) is 29.2. The van der Waals surface area contributed by atoms with E-state index in [0.29, 0.717) is 56.3 Å². The molecule has 2 aliphatic rings. The highest BCUT2D eigenvalue weighted by Gasteiger charge is 2.32. The Balaban J connectivity index is 1.57. The first kappa shape index (κ1) is 31.1. The van der Waals surface area contributed by atoms with E-state index in [-0.39, 0.29) is 11.9 Å². The molecule has 1 aliphatic heterocycles. The predicted molar refractivity (Wildman–Crippen MR) is 166 cm³/mol. The summed E-state index contributed by atoms with van der Waals surface area (Å²) in [4.78, 5) is 48.5. The Morgan fingerprint density at radius 2 is 2.00 bits per heavy atom. The summed E-state index contributed by atoms with van der Waals surface area (Å²) < 4.78 is 0. The molecule has 10 heteroatoms. The third-order valence-corrected chi connectivity index (χ3v) is 9.61. The maximum atomic E-state index is 14.1. The minimum atomic E-state index is -1.03. The highest BCUT2D eigenvalue weighted by atomic mass is 32.2. The van der Waals surface area contributed by atoms with Gasteiger partial charge in [-0.1, -0.05) is 56.4 Å². The van der Waals surface area contributed by atoms with E-state index in [2.05, 4.69) is 10.3 Å². The number of rotatable bonds is 12. The van der Waals surface area contributed by atoms with Gasteiger partial charge in [-0.25, -0.2) is 9.59 Å². The summed E-state index contributed by atoms with van der Waals surface area (Å²) >= 11 is 3.11. The predicted octanol–water partition coefficient (Wildman–Crippen LogP) is 5.83. The molecule has 1 fully saturated rings. The van der Waals surface area contributed by atoms with Crippen molar-refractivity contribution in [2.75, 3.05) is 31.6 Å². The van der Waals surface area contributed by atoms with Crippen molar-refractivity contribution in [1.82, 2.24) is 20.1 Å². The number of thioether (sulfide) groups is 1. The number of nitrogens with zero attached hydrogens (tertiary/aromatic N) is 3. The average Bonchev–Trinajstić information content (AvgIpc) is 3.50. The summed E-state index contributed by atoms with van der Waals surface area (Å²) in [5.74, 6) is -0.0927. The number of urea groups is 1. The number of carboxylic acid groups (broad SMARTS) is 1. The number of carbonyl (C=O) groups is 3. The second kappa shape index (κ2) is 15.4. The van der Waals surface area contributed by atoms with Gasteiger partial charge in [-0.2, -0.15) is 11.8 Å². The number of amides is 3. The Hall–Kier alpha value is -2.85. The largest absolute Gasteiger partial charge is 0.480 e. The smallest absolute Gasteiger partial charge is 0.326 e. The standard InChI is InChI=1S/C31H42N4O4S2/c1-22-8-6-7-11-25(22)27-20-35(16-13-26(27)29(36)33-28(30(37)38)14-17-40-2)31(39)34(19-24-18-32-21-41-24)15-12-23-9-4-3-5-10-23/h6-8,11,18,21,23,28H,3-5,9-10,12-17,19-20H2,1-2H3,(H,33,36)(H,37,38). The number of nitrogens with one attached hydrogen (secondary N) is 1. The van der Waals surface area contributed by atoms with E-state index >= 15 is 0 Å². The Bertz CT molecular complexity index is 1210. The monoisotopic (exact) mass is 598 g/mol. The fourth-order valence-electron chi connectivity index (χ4n) is 5.84. The molecule has 4 rings (SSSR count). The lowest BCUT2D eigenvalue weighted by Crippen LogP contribution is -2.48. The van der Waals surface area contributed by atoms with Gasteiger partial charge in [0.25, 0.3) is 0 Å². The Labute approximate surface area is 251 Å². The van der Waals surface area contributed by atoms with Crippen LogP contribution >= 0.6 is 23.1 Å². The zero-order valence-electron chi connectivity index (χ0n) is 24.1. The number of carbonyl (C=O) groups excluding carboxylic acids is 2. The summed E-state index contributed by atoms with van der Waals surface area (Å²) in [5, 5.41) is 12.5. The van der Waals surface area contributed by atoms with Crippen molar-refractivity contribution >= 4 is 46.6 Å². The number of hydrogen-bond donors (Lipinski definition) is 2. The molecule has 0 bridgehead atoms. The molecule has 222 valence electrons. The summed E-state index contributed by atoms with van der Waals surface area (Å²) in [6, 6.07) is 6.89. The van der Waals surface area contributed by atoms with Crippen molar-refractivity contribution in [1.29, 1.82) is 0 Å². The summed E-state index contributed by atoms with van der Waals surface area (Å²) in [7, 11) is 0. The van der Waals surface area contributed by atoms with Crippen LogP contribution in [0.2, 0.25) is 0 Å². The third kappa shape index (κ3) is 8.58. The minimum absolute atomic E-state index is 0.0249. The lowest BCUT2D eigenvalue weighted by Gasteiger charge is -2.36. The van der Waals surface area contributed by atoms with Gasteiger partial charge in [0.05, 0.1) is 12.1 Å². The average molecular weight is 599 g/mol. The third-order valence-electron chi connectivity index (χ3n) is 8.21. The minimum Gasteiger partial charge on any atom is -0.480 e. The van der Waals surface area contributed by atoms with Crippen LogP contribution in [0.4, 0.5) is 4.79 Å². The van der Waals surface area contributed by atoms with Crippen molar-refractivity contribution in [3.63, 3.8) is 0 Å². The normalized spacial score (nSPS) is 16.9. The van der Waals surface area contributed by atoms with Crippen LogP contribution in [0, 0.1) is 12.8 Å². The Morgan fingerprint density at radius 3 is 2.68 bits per heavy atom. The molecule has 1 aliphatic carbocycles. The van der Waals surface area contributed by atoms with Gasteiger partial charge < -0.3 is 20.2 Å². The molecule has 1 aromatic carbocycles. The lowest BCUT2D eigenvalue weighted by atomic mass is 9.87. The number of benzene rings is 1. The first-order valence-corrected chi connectivity index (χ1v) is 16.9. The van der Waals surface area contributed by atoms with Gasteiger partial charge in [-0.05, 0) is 60.8 Å².